The Bertz CT molecular complexity index is 836. The predicted molar refractivity (Wildman–Crippen MR) is 87.2 cm³/mol. The van der Waals surface area contributed by atoms with E-state index in [-0.39, 0.29) is 24.7 Å². The molecule has 1 aliphatic heterocycles. The molecule has 3 rings (SSSR count). The van der Waals surface area contributed by atoms with Gasteiger partial charge in [-0.05, 0) is 31.2 Å². The first-order valence-corrected chi connectivity index (χ1v) is 7.75. The lowest BCUT2D eigenvalue weighted by Crippen LogP contribution is -2.06. The van der Waals surface area contributed by atoms with E-state index in [2.05, 4.69) is 15.9 Å². The Morgan fingerprint density at radius 2 is 2.00 bits per heavy atom. The molecule has 0 aliphatic carbocycles. The summed E-state index contributed by atoms with van der Waals surface area (Å²) in [6.45, 7) is 1.77. The number of fused-ring (bicyclic) bond motifs is 1. The van der Waals surface area contributed by atoms with E-state index < -0.39 is 10.9 Å². The summed E-state index contributed by atoms with van der Waals surface area (Å²) < 4.78 is 16.6. The van der Waals surface area contributed by atoms with Crippen molar-refractivity contribution in [2.45, 2.75) is 13.5 Å². The molecule has 0 bridgehead atoms. The summed E-state index contributed by atoms with van der Waals surface area (Å²) in [4.78, 5) is 22.4. The van der Waals surface area contributed by atoms with Crippen LogP contribution in [0.4, 0.5) is 5.69 Å². The molecule has 0 unspecified atom stereocenters. The van der Waals surface area contributed by atoms with Crippen molar-refractivity contribution in [3.05, 3.63) is 61.6 Å². The molecule has 0 saturated carbocycles. The zero-order chi connectivity index (χ0) is 17.3. The minimum absolute atomic E-state index is 0.0338. The highest BCUT2D eigenvalue weighted by Gasteiger charge is 2.18. The molecule has 0 radical (unpaired) electrons. The molecule has 2 aromatic carbocycles. The van der Waals surface area contributed by atoms with Gasteiger partial charge in [0.1, 0.15) is 6.61 Å². The van der Waals surface area contributed by atoms with Crippen LogP contribution in [0, 0.1) is 17.0 Å². The SMILES string of the molecule is Cc1cc(C(=O)OCc2cc3c(cc2Br)OCO3)ccc1[N+](=O)[O-]. The lowest BCUT2D eigenvalue weighted by Gasteiger charge is -2.08. The number of nitro groups is 1. The lowest BCUT2D eigenvalue weighted by molar-refractivity contribution is -0.385. The van der Waals surface area contributed by atoms with E-state index in [9.17, 15) is 14.9 Å². The second-order valence-corrected chi connectivity index (χ2v) is 5.99. The number of nitrogens with zero attached hydrogens (tertiary/aromatic N) is 1. The minimum Gasteiger partial charge on any atom is -0.457 e. The standard InChI is InChI=1S/C16H12BrNO6/c1-9-4-10(2-3-13(9)18(20)21)16(19)22-7-11-5-14-15(6-12(11)17)24-8-23-14/h2-6H,7-8H2,1H3. The third-order valence-electron chi connectivity index (χ3n) is 3.53. The molecule has 8 heteroatoms. The van der Waals surface area contributed by atoms with Crippen molar-refractivity contribution in [2.24, 2.45) is 0 Å². The Morgan fingerprint density at radius 1 is 1.29 bits per heavy atom. The Morgan fingerprint density at radius 3 is 2.67 bits per heavy atom. The van der Waals surface area contributed by atoms with Gasteiger partial charge in [-0.25, -0.2) is 4.79 Å². The van der Waals surface area contributed by atoms with Crippen molar-refractivity contribution in [2.75, 3.05) is 6.79 Å². The fourth-order valence-corrected chi connectivity index (χ4v) is 2.72. The van der Waals surface area contributed by atoms with Crippen LogP contribution in [-0.2, 0) is 11.3 Å². The van der Waals surface area contributed by atoms with Gasteiger partial charge in [0, 0.05) is 21.7 Å². The summed E-state index contributed by atoms with van der Waals surface area (Å²) in [5.41, 5.74) is 1.35. The number of esters is 1. The number of rotatable bonds is 4. The number of halogens is 1. The summed E-state index contributed by atoms with van der Waals surface area (Å²) in [6.07, 6.45) is 0. The smallest absolute Gasteiger partial charge is 0.338 e. The first kappa shape index (κ1) is 16.3. The predicted octanol–water partition coefficient (Wildman–Crippen LogP) is 3.75. The summed E-state index contributed by atoms with van der Waals surface area (Å²) in [5.74, 6) is 0.663. The molecule has 7 nitrogen and oxygen atoms in total. The maximum absolute atomic E-state index is 12.1. The van der Waals surface area contributed by atoms with Gasteiger partial charge < -0.3 is 14.2 Å². The van der Waals surface area contributed by atoms with Crippen LogP contribution < -0.4 is 9.47 Å². The first-order chi connectivity index (χ1) is 11.5. The van der Waals surface area contributed by atoms with Crippen molar-refractivity contribution in [1.29, 1.82) is 0 Å². The molecule has 24 heavy (non-hydrogen) atoms. The normalized spacial score (nSPS) is 12.1. The number of carbonyl (C=O) groups excluding carboxylic acids is 1. The van der Waals surface area contributed by atoms with E-state index >= 15 is 0 Å². The number of ether oxygens (including phenoxy) is 3. The molecule has 124 valence electrons. The van der Waals surface area contributed by atoms with Gasteiger partial charge in [-0.3, -0.25) is 10.1 Å². The largest absolute Gasteiger partial charge is 0.457 e. The van der Waals surface area contributed by atoms with E-state index in [4.69, 9.17) is 14.2 Å². The van der Waals surface area contributed by atoms with Gasteiger partial charge in [-0.2, -0.15) is 0 Å². The van der Waals surface area contributed by atoms with Crippen molar-refractivity contribution in [3.63, 3.8) is 0 Å². The van der Waals surface area contributed by atoms with Crippen LogP contribution in [-0.4, -0.2) is 17.7 Å². The molecular weight excluding hydrogens is 382 g/mol. The molecule has 0 saturated heterocycles. The van der Waals surface area contributed by atoms with E-state index in [1.54, 1.807) is 19.1 Å². The number of benzene rings is 2. The fraction of sp³-hybridized carbons (Fsp3) is 0.188. The monoisotopic (exact) mass is 393 g/mol. The van der Waals surface area contributed by atoms with E-state index in [0.717, 1.165) is 10.0 Å². The second kappa shape index (κ2) is 6.48. The number of nitro benzene ring substituents is 1. The molecule has 0 N–H and O–H groups in total. The molecule has 0 atom stereocenters. The van der Waals surface area contributed by atoms with Crippen LogP contribution in [0.2, 0.25) is 0 Å². The Kier molecular flexibility index (Phi) is 4.39. The van der Waals surface area contributed by atoms with Gasteiger partial charge in [-0.15, -0.1) is 0 Å². The van der Waals surface area contributed by atoms with Crippen LogP contribution in [0.3, 0.4) is 0 Å². The Balaban J connectivity index is 1.72. The van der Waals surface area contributed by atoms with Crippen LogP contribution in [0.15, 0.2) is 34.8 Å². The van der Waals surface area contributed by atoms with E-state index in [0.29, 0.717) is 17.1 Å². The maximum atomic E-state index is 12.1. The second-order valence-electron chi connectivity index (χ2n) is 5.13. The zero-order valence-corrected chi connectivity index (χ0v) is 14.2. The highest BCUT2D eigenvalue weighted by atomic mass is 79.9. The molecule has 0 amide bonds. The minimum atomic E-state index is -0.558. The average molecular weight is 394 g/mol. The van der Waals surface area contributed by atoms with Gasteiger partial charge in [0.05, 0.1) is 10.5 Å². The third kappa shape index (κ3) is 3.18. The average Bonchev–Trinajstić information content (AvgIpc) is 2.98. The number of carbonyl (C=O) groups is 1. The molecule has 1 aliphatic rings. The fourth-order valence-electron chi connectivity index (χ4n) is 2.28. The quantitative estimate of drug-likeness (QED) is 0.446. The molecule has 0 fully saturated rings. The van der Waals surface area contributed by atoms with Gasteiger partial charge in [0.25, 0.3) is 5.69 Å². The third-order valence-corrected chi connectivity index (χ3v) is 4.27. The van der Waals surface area contributed by atoms with E-state index in [1.165, 1.54) is 18.2 Å². The van der Waals surface area contributed by atoms with Crippen molar-refractivity contribution >= 4 is 27.6 Å². The summed E-state index contributed by atoms with van der Waals surface area (Å²) in [7, 11) is 0. The Labute approximate surface area is 145 Å². The number of hydrogen-bond donors (Lipinski definition) is 0. The van der Waals surface area contributed by atoms with Crippen molar-refractivity contribution in [3.8, 4) is 11.5 Å². The summed E-state index contributed by atoms with van der Waals surface area (Å²) >= 11 is 3.39. The van der Waals surface area contributed by atoms with Crippen LogP contribution in [0.1, 0.15) is 21.5 Å². The van der Waals surface area contributed by atoms with Crippen LogP contribution in [0.5, 0.6) is 11.5 Å². The van der Waals surface area contributed by atoms with Gasteiger partial charge in [0.15, 0.2) is 11.5 Å². The zero-order valence-electron chi connectivity index (χ0n) is 12.6. The van der Waals surface area contributed by atoms with Gasteiger partial charge >= 0.3 is 5.97 Å². The maximum Gasteiger partial charge on any atom is 0.338 e. The van der Waals surface area contributed by atoms with Crippen LogP contribution in [0.25, 0.3) is 0 Å². The molecule has 0 spiro atoms. The van der Waals surface area contributed by atoms with Gasteiger partial charge in [0.2, 0.25) is 6.79 Å². The highest BCUT2D eigenvalue weighted by Crippen LogP contribution is 2.37. The van der Waals surface area contributed by atoms with Gasteiger partial charge in [-0.1, -0.05) is 15.9 Å². The highest BCUT2D eigenvalue weighted by molar-refractivity contribution is 9.10. The topological polar surface area (TPSA) is 87.9 Å². The molecule has 1 heterocycles. The number of hydrogen-bond acceptors (Lipinski definition) is 6. The van der Waals surface area contributed by atoms with Crippen LogP contribution >= 0.6 is 15.9 Å². The van der Waals surface area contributed by atoms with Crippen molar-refractivity contribution in [1.82, 2.24) is 0 Å². The van der Waals surface area contributed by atoms with E-state index in [1.807, 2.05) is 0 Å². The summed E-state index contributed by atoms with van der Waals surface area (Å²) in [5, 5.41) is 10.8. The Hall–Kier alpha value is -2.61. The molecule has 0 aromatic heterocycles. The number of aryl methyl sites for hydroxylation is 1. The lowest BCUT2D eigenvalue weighted by atomic mass is 10.1. The molecule has 2 aromatic rings. The first-order valence-electron chi connectivity index (χ1n) is 6.96. The summed E-state index contributed by atoms with van der Waals surface area (Å²) in [6, 6.07) is 7.60. The van der Waals surface area contributed by atoms with Crippen molar-refractivity contribution < 1.29 is 23.9 Å². The molecular formula is C16H12BrNO6.